The minimum atomic E-state index is -0.160. The lowest BCUT2D eigenvalue weighted by molar-refractivity contribution is 0.487. The van der Waals surface area contributed by atoms with E-state index in [9.17, 15) is 0 Å². The van der Waals surface area contributed by atoms with Crippen molar-refractivity contribution in [1.82, 2.24) is 0 Å². The van der Waals surface area contributed by atoms with Crippen molar-refractivity contribution >= 4 is 109 Å². The molecule has 0 amide bonds. The van der Waals surface area contributed by atoms with Gasteiger partial charge in [0.05, 0.1) is 17.1 Å². The first-order valence-corrected chi connectivity index (χ1v) is 28.0. The van der Waals surface area contributed by atoms with Crippen molar-refractivity contribution in [2.24, 2.45) is 0 Å². The Hall–Kier alpha value is -9.68. The Kier molecular flexibility index (Phi) is 10.7. The summed E-state index contributed by atoms with van der Waals surface area (Å²) in [5.41, 5.74) is 24.2. The number of hydrogen-bond acceptors (Lipinski definition) is 5. The van der Waals surface area contributed by atoms with Gasteiger partial charge >= 0.3 is 0 Å². The normalized spacial score (nSPS) is 13.0. The van der Waals surface area contributed by atoms with Crippen molar-refractivity contribution in [3.8, 4) is 44.9 Å². The van der Waals surface area contributed by atoms with Crippen LogP contribution in [0.2, 0.25) is 0 Å². The van der Waals surface area contributed by atoms with Crippen molar-refractivity contribution in [1.29, 1.82) is 0 Å². The van der Waals surface area contributed by atoms with Crippen molar-refractivity contribution < 1.29 is 4.74 Å². The van der Waals surface area contributed by atoms with Crippen LogP contribution in [-0.2, 0) is 0 Å². The van der Waals surface area contributed by atoms with E-state index in [1.807, 2.05) is 11.8 Å². The average Bonchev–Trinajstić information content (AvgIpc) is 3.61. The van der Waals surface area contributed by atoms with Gasteiger partial charge in [-0.05, 0) is 122 Å². The first-order chi connectivity index (χ1) is 39.2. The van der Waals surface area contributed by atoms with E-state index in [-0.39, 0.29) is 13.4 Å². The third-order valence-corrected chi connectivity index (χ3v) is 17.5. The fourth-order valence-corrected chi connectivity index (χ4v) is 14.2. The van der Waals surface area contributed by atoms with Crippen LogP contribution >= 0.6 is 11.8 Å². The van der Waals surface area contributed by atoms with E-state index in [1.54, 1.807) is 0 Å². The van der Waals surface area contributed by atoms with Crippen molar-refractivity contribution in [3.05, 3.63) is 285 Å². The molecular formula is C72H47B2N3OS. The Morgan fingerprint density at radius 1 is 0.291 bits per heavy atom. The van der Waals surface area contributed by atoms with Gasteiger partial charge in [0.25, 0.3) is 13.4 Å². The first-order valence-electron chi connectivity index (χ1n) is 27.1. The van der Waals surface area contributed by atoms with Crippen LogP contribution in [0.3, 0.4) is 0 Å². The molecule has 12 aromatic carbocycles. The Bertz CT molecular complexity index is 4310. The zero-order valence-corrected chi connectivity index (χ0v) is 43.8. The summed E-state index contributed by atoms with van der Waals surface area (Å²) in [6, 6.07) is 105. The average molecular weight is 1020 g/mol. The van der Waals surface area contributed by atoms with Gasteiger partial charge in [0.1, 0.15) is 11.5 Å². The van der Waals surface area contributed by atoms with Gasteiger partial charge < -0.3 is 19.4 Å². The molecule has 0 aromatic heterocycles. The minimum absolute atomic E-state index is 0.0481. The minimum Gasteiger partial charge on any atom is -0.458 e. The number of fused-ring (bicyclic) bond motifs is 8. The molecule has 0 N–H and O–H groups in total. The number of rotatable bonds is 8. The number of nitrogens with zero attached hydrogens (tertiary/aromatic N) is 3. The summed E-state index contributed by atoms with van der Waals surface area (Å²) in [6.45, 7) is -0.208. The molecule has 7 heteroatoms. The lowest BCUT2D eigenvalue weighted by atomic mass is 9.31. The molecule has 0 radical (unpaired) electrons. The molecule has 4 aliphatic rings. The summed E-state index contributed by atoms with van der Waals surface area (Å²) in [6.07, 6.45) is 0. The molecule has 79 heavy (non-hydrogen) atoms. The second kappa shape index (κ2) is 18.5. The highest BCUT2D eigenvalue weighted by molar-refractivity contribution is 8.00. The van der Waals surface area contributed by atoms with Crippen LogP contribution < -0.4 is 52.2 Å². The fourth-order valence-electron chi connectivity index (χ4n) is 13.0. The molecule has 0 fully saturated rings. The van der Waals surface area contributed by atoms with Crippen LogP contribution in [0.25, 0.3) is 33.4 Å². The van der Waals surface area contributed by atoms with E-state index in [2.05, 4.69) is 300 Å². The van der Waals surface area contributed by atoms with Crippen molar-refractivity contribution in [2.75, 3.05) is 14.7 Å². The Labute approximate surface area is 465 Å². The van der Waals surface area contributed by atoms with Gasteiger partial charge in [-0.25, -0.2) is 0 Å². The molecule has 16 rings (SSSR count). The number of ether oxygens (including phenoxy) is 1. The van der Waals surface area contributed by atoms with E-state index in [4.69, 9.17) is 4.74 Å². The first kappa shape index (κ1) is 45.5. The molecule has 0 saturated heterocycles. The Morgan fingerprint density at radius 3 is 1.38 bits per heavy atom. The number of para-hydroxylation sites is 5. The molecule has 368 valence electrons. The Balaban J connectivity index is 1.03. The maximum atomic E-state index is 7.48. The van der Waals surface area contributed by atoms with Crippen LogP contribution in [0.4, 0.5) is 51.2 Å². The quantitative estimate of drug-likeness (QED) is 0.141. The maximum absolute atomic E-state index is 7.48. The molecule has 0 atom stereocenters. The molecule has 0 aliphatic carbocycles. The monoisotopic (exact) mass is 1020 g/mol. The number of benzene rings is 12. The highest BCUT2D eigenvalue weighted by Crippen LogP contribution is 2.52. The van der Waals surface area contributed by atoms with Gasteiger partial charge in [0.2, 0.25) is 0 Å². The molecule has 0 spiro atoms. The van der Waals surface area contributed by atoms with Crippen LogP contribution in [0, 0.1) is 0 Å². The molecule has 4 heterocycles. The van der Waals surface area contributed by atoms with Crippen LogP contribution in [0.15, 0.2) is 295 Å². The molecule has 0 saturated carbocycles. The summed E-state index contributed by atoms with van der Waals surface area (Å²) in [7, 11) is 0. The van der Waals surface area contributed by atoms with E-state index < -0.39 is 0 Å². The Morgan fingerprint density at radius 2 is 0.772 bits per heavy atom. The topological polar surface area (TPSA) is 19.0 Å². The van der Waals surface area contributed by atoms with E-state index in [0.717, 1.165) is 90.5 Å². The second-order valence-electron chi connectivity index (χ2n) is 20.7. The standard InChI is InChI=1S/C72H47B2N3OS/c1-6-24-48(25-7-1)51-42-68-72-70(43-51)79-69-41-23-19-37-58(69)74(72)60-46-59-64(47-67(60)78-68)77(62-39-21-17-35-56(62)50-28-10-3-11-29-50)66-45-54(75(52-30-12-4-13-31-52)53-32-14-5-15-33-53)44-65-71(66)73(59)57-36-18-22-40-63(57)76(65)61-38-20-16-34-55(61)49-26-8-2-9-27-49/h1-47H. The third-order valence-electron chi connectivity index (χ3n) is 16.3. The van der Waals surface area contributed by atoms with E-state index in [1.165, 1.54) is 48.1 Å². The third kappa shape index (κ3) is 7.34. The molecule has 0 bridgehead atoms. The largest absolute Gasteiger partial charge is 0.458 e. The fraction of sp³-hybridized carbons (Fsp3) is 0. The smallest absolute Gasteiger partial charge is 0.253 e. The van der Waals surface area contributed by atoms with Crippen molar-refractivity contribution in [2.45, 2.75) is 9.79 Å². The zero-order chi connectivity index (χ0) is 52.0. The van der Waals surface area contributed by atoms with Gasteiger partial charge in [-0.1, -0.05) is 223 Å². The highest BCUT2D eigenvalue weighted by atomic mass is 32.2. The summed E-state index contributed by atoms with van der Waals surface area (Å²) in [4.78, 5) is 10.0. The van der Waals surface area contributed by atoms with Gasteiger partial charge in [0, 0.05) is 61.1 Å². The molecule has 4 nitrogen and oxygen atoms in total. The summed E-state index contributed by atoms with van der Waals surface area (Å²) in [5.74, 6) is 1.78. The lowest BCUT2D eigenvalue weighted by Gasteiger charge is -2.46. The van der Waals surface area contributed by atoms with E-state index >= 15 is 0 Å². The van der Waals surface area contributed by atoms with Crippen LogP contribution in [0.5, 0.6) is 11.5 Å². The predicted molar refractivity (Wildman–Crippen MR) is 333 cm³/mol. The van der Waals surface area contributed by atoms with E-state index in [0.29, 0.717) is 0 Å². The lowest BCUT2D eigenvalue weighted by Crippen LogP contribution is -2.64. The van der Waals surface area contributed by atoms with Crippen molar-refractivity contribution in [3.63, 3.8) is 0 Å². The highest BCUT2D eigenvalue weighted by Gasteiger charge is 2.47. The summed E-state index contributed by atoms with van der Waals surface area (Å²) >= 11 is 1.86. The summed E-state index contributed by atoms with van der Waals surface area (Å²) < 4.78 is 7.48. The number of hydrogen-bond donors (Lipinski definition) is 0. The van der Waals surface area contributed by atoms with Gasteiger partial charge in [0.15, 0.2) is 0 Å². The molecule has 12 aromatic rings. The van der Waals surface area contributed by atoms with Gasteiger partial charge in [-0.15, -0.1) is 0 Å². The number of anilines is 9. The second-order valence-corrected chi connectivity index (χ2v) is 21.8. The van der Waals surface area contributed by atoms with Crippen LogP contribution in [-0.4, -0.2) is 13.4 Å². The molecule has 4 aliphatic heterocycles. The van der Waals surface area contributed by atoms with Gasteiger partial charge in [-0.2, -0.15) is 0 Å². The van der Waals surface area contributed by atoms with Crippen LogP contribution in [0.1, 0.15) is 0 Å². The summed E-state index contributed by atoms with van der Waals surface area (Å²) in [5, 5.41) is 0. The maximum Gasteiger partial charge on any atom is 0.253 e. The zero-order valence-electron chi connectivity index (χ0n) is 42.9. The van der Waals surface area contributed by atoms with Gasteiger partial charge in [-0.3, -0.25) is 0 Å². The molecular weight excluding hydrogens is 977 g/mol. The predicted octanol–water partition coefficient (Wildman–Crippen LogP) is 15.3. The molecule has 0 unspecified atom stereocenters. The SMILES string of the molecule is c1ccc(-c2cc3c4c(c2)Sc2ccccc2B4c2cc4c(cc2O3)N(c2ccccc2-c2ccccc2)c2cc(N(c3ccccc3)c3ccccc3)cc3c2B4c2ccccc2N3c2ccccc2-c2ccccc2)cc1.